The second-order valence-electron chi connectivity index (χ2n) is 4.92. The normalized spacial score (nSPS) is 11.3. The molecular weight excluding hydrogens is 341 g/mol. The molecule has 3 aromatic rings. The van der Waals surface area contributed by atoms with Gasteiger partial charge in [0, 0.05) is 17.8 Å². The zero-order valence-electron chi connectivity index (χ0n) is 12.3. The molecule has 3 rings (SSSR count). The number of H-pyrrole nitrogens is 1. The molecule has 0 aliphatic rings. The minimum atomic E-state index is -4.43. The van der Waals surface area contributed by atoms with Gasteiger partial charge in [-0.15, -0.1) is 10.2 Å². The number of hydrogen-bond acceptors (Lipinski definition) is 6. The summed E-state index contributed by atoms with van der Waals surface area (Å²) in [5, 5.41) is 27.0. The maximum Gasteiger partial charge on any atom is 0.416 e. The molecule has 1 heterocycles. The topological polar surface area (TPSA) is 110 Å². The minimum absolute atomic E-state index is 0.109. The van der Waals surface area contributed by atoms with Crippen LogP contribution in [-0.2, 0) is 6.18 Å². The van der Waals surface area contributed by atoms with Gasteiger partial charge in [-0.3, -0.25) is 10.1 Å². The summed E-state index contributed by atoms with van der Waals surface area (Å²) in [6.07, 6.45) is -4.43. The van der Waals surface area contributed by atoms with Crippen LogP contribution in [0.3, 0.4) is 0 Å². The van der Waals surface area contributed by atoms with Gasteiger partial charge >= 0.3 is 6.18 Å². The molecule has 2 N–H and O–H groups in total. The van der Waals surface area contributed by atoms with Crippen LogP contribution >= 0.6 is 0 Å². The predicted molar refractivity (Wildman–Crippen MR) is 81.0 cm³/mol. The number of aromatic amines is 1. The molecule has 8 nitrogen and oxygen atoms in total. The van der Waals surface area contributed by atoms with E-state index >= 15 is 0 Å². The number of benzene rings is 2. The van der Waals surface area contributed by atoms with Crippen molar-refractivity contribution >= 4 is 17.1 Å². The fourth-order valence-electron chi connectivity index (χ4n) is 2.11. The van der Waals surface area contributed by atoms with E-state index in [4.69, 9.17) is 0 Å². The molecule has 0 unspecified atom stereocenters. The van der Waals surface area contributed by atoms with E-state index in [-0.39, 0.29) is 17.1 Å². The summed E-state index contributed by atoms with van der Waals surface area (Å²) in [6, 6.07) is 8.30. The van der Waals surface area contributed by atoms with E-state index in [2.05, 4.69) is 25.9 Å². The Morgan fingerprint density at radius 1 is 1.12 bits per heavy atom. The van der Waals surface area contributed by atoms with Gasteiger partial charge in [0.05, 0.1) is 21.7 Å². The van der Waals surface area contributed by atoms with E-state index in [1.807, 2.05) is 0 Å². The van der Waals surface area contributed by atoms with E-state index in [1.54, 1.807) is 0 Å². The minimum Gasteiger partial charge on any atom is -0.355 e. The Kier molecular flexibility index (Phi) is 4.05. The fourth-order valence-corrected chi connectivity index (χ4v) is 2.11. The first kappa shape index (κ1) is 16.4. The van der Waals surface area contributed by atoms with E-state index in [1.165, 1.54) is 30.3 Å². The Morgan fingerprint density at radius 2 is 1.84 bits per heavy atom. The number of rotatable bonds is 4. The van der Waals surface area contributed by atoms with Gasteiger partial charge in [0.25, 0.3) is 5.69 Å². The molecule has 2 aromatic carbocycles. The largest absolute Gasteiger partial charge is 0.416 e. The summed E-state index contributed by atoms with van der Waals surface area (Å²) in [6.45, 7) is 0. The Bertz CT molecular complexity index is 894. The SMILES string of the molecule is O=[N+]([O-])c1ccc(Nc2ccc(C(F)(F)F)cc2)c(-c2nn[nH]n2)c1. The van der Waals surface area contributed by atoms with Crippen LogP contribution in [0, 0.1) is 10.1 Å². The van der Waals surface area contributed by atoms with Crippen LogP contribution < -0.4 is 5.32 Å². The molecule has 0 aliphatic carbocycles. The van der Waals surface area contributed by atoms with Crippen molar-refractivity contribution in [1.29, 1.82) is 0 Å². The van der Waals surface area contributed by atoms with Gasteiger partial charge in [-0.2, -0.15) is 18.4 Å². The van der Waals surface area contributed by atoms with Gasteiger partial charge in [-0.1, -0.05) is 0 Å². The van der Waals surface area contributed by atoms with Crippen LogP contribution in [0.2, 0.25) is 0 Å². The number of anilines is 2. The van der Waals surface area contributed by atoms with Gasteiger partial charge in [0.1, 0.15) is 0 Å². The molecule has 0 amide bonds. The van der Waals surface area contributed by atoms with Gasteiger partial charge < -0.3 is 5.32 Å². The van der Waals surface area contributed by atoms with Crippen molar-refractivity contribution in [3.8, 4) is 11.4 Å². The fraction of sp³-hybridized carbons (Fsp3) is 0.0714. The maximum absolute atomic E-state index is 12.6. The molecule has 0 aliphatic heterocycles. The highest BCUT2D eigenvalue weighted by Gasteiger charge is 2.30. The van der Waals surface area contributed by atoms with Crippen LogP contribution in [0.1, 0.15) is 5.56 Å². The van der Waals surface area contributed by atoms with Crippen LogP contribution in [0.5, 0.6) is 0 Å². The summed E-state index contributed by atoms with van der Waals surface area (Å²) >= 11 is 0. The van der Waals surface area contributed by atoms with E-state index in [0.717, 1.165) is 12.1 Å². The predicted octanol–water partition coefficient (Wildman–Crippen LogP) is 3.54. The number of hydrogen-bond donors (Lipinski definition) is 2. The van der Waals surface area contributed by atoms with Gasteiger partial charge in [0.2, 0.25) is 5.82 Å². The standard InChI is InChI=1S/C14H9F3N6O2/c15-14(16,17)8-1-3-9(4-2-8)18-12-6-5-10(23(24)25)7-11(12)13-19-21-22-20-13/h1-7,18H,(H,19,20,21,22). The van der Waals surface area contributed by atoms with Crippen LogP contribution in [0.15, 0.2) is 42.5 Å². The molecular formula is C14H9F3N6O2. The number of tetrazole rings is 1. The van der Waals surface area contributed by atoms with E-state index in [9.17, 15) is 23.3 Å². The zero-order valence-corrected chi connectivity index (χ0v) is 12.3. The third-order valence-corrected chi connectivity index (χ3v) is 3.29. The van der Waals surface area contributed by atoms with E-state index in [0.29, 0.717) is 11.4 Å². The number of aromatic nitrogens is 4. The Balaban J connectivity index is 1.96. The zero-order chi connectivity index (χ0) is 18.0. The number of non-ortho nitro benzene ring substituents is 1. The van der Waals surface area contributed by atoms with Crippen molar-refractivity contribution in [2.24, 2.45) is 0 Å². The Labute approximate surface area is 137 Å². The van der Waals surface area contributed by atoms with Crippen molar-refractivity contribution in [3.63, 3.8) is 0 Å². The maximum atomic E-state index is 12.6. The smallest absolute Gasteiger partial charge is 0.355 e. The highest BCUT2D eigenvalue weighted by Crippen LogP contribution is 2.33. The van der Waals surface area contributed by atoms with Crippen LogP contribution in [0.25, 0.3) is 11.4 Å². The second-order valence-corrected chi connectivity index (χ2v) is 4.92. The van der Waals surface area contributed by atoms with E-state index < -0.39 is 16.7 Å². The van der Waals surface area contributed by atoms with Gasteiger partial charge in [0.15, 0.2) is 0 Å². The number of alkyl halides is 3. The summed E-state index contributed by atoms with van der Waals surface area (Å²) in [7, 11) is 0. The number of nitrogens with one attached hydrogen (secondary N) is 2. The highest BCUT2D eigenvalue weighted by molar-refractivity contribution is 5.79. The third kappa shape index (κ3) is 3.54. The first-order valence-electron chi connectivity index (χ1n) is 6.81. The van der Waals surface area contributed by atoms with Gasteiger partial charge in [-0.05, 0) is 35.5 Å². The van der Waals surface area contributed by atoms with Crippen molar-refractivity contribution in [2.75, 3.05) is 5.32 Å². The first-order chi connectivity index (χ1) is 11.8. The van der Waals surface area contributed by atoms with Gasteiger partial charge in [-0.25, -0.2) is 0 Å². The van der Waals surface area contributed by atoms with Crippen molar-refractivity contribution < 1.29 is 18.1 Å². The first-order valence-corrected chi connectivity index (χ1v) is 6.81. The molecule has 0 saturated heterocycles. The molecule has 0 bridgehead atoms. The summed E-state index contributed by atoms with van der Waals surface area (Å²) in [5.74, 6) is 0.109. The lowest BCUT2D eigenvalue weighted by Crippen LogP contribution is -2.04. The highest BCUT2D eigenvalue weighted by atomic mass is 19.4. The molecule has 0 spiro atoms. The number of nitro groups is 1. The summed E-state index contributed by atoms with van der Waals surface area (Å²) < 4.78 is 37.8. The van der Waals surface area contributed by atoms with Crippen molar-refractivity contribution in [3.05, 3.63) is 58.1 Å². The molecule has 0 saturated carbocycles. The summed E-state index contributed by atoms with van der Waals surface area (Å²) in [4.78, 5) is 10.4. The van der Waals surface area contributed by atoms with Crippen LogP contribution in [0.4, 0.5) is 30.2 Å². The molecule has 0 atom stereocenters. The molecule has 128 valence electrons. The lowest BCUT2D eigenvalue weighted by Gasteiger charge is -2.11. The van der Waals surface area contributed by atoms with Crippen molar-refractivity contribution in [1.82, 2.24) is 20.6 Å². The molecule has 11 heteroatoms. The molecule has 0 radical (unpaired) electrons. The monoisotopic (exact) mass is 350 g/mol. The lowest BCUT2D eigenvalue weighted by molar-refractivity contribution is -0.384. The second kappa shape index (κ2) is 6.19. The van der Waals surface area contributed by atoms with Crippen molar-refractivity contribution in [2.45, 2.75) is 6.18 Å². The molecule has 1 aromatic heterocycles. The summed E-state index contributed by atoms with van der Waals surface area (Å²) in [5.41, 5.74) is 0.0686. The lowest BCUT2D eigenvalue weighted by atomic mass is 10.1. The Hall–Kier alpha value is -3.50. The molecule has 25 heavy (non-hydrogen) atoms. The quantitative estimate of drug-likeness (QED) is 0.550. The van der Waals surface area contributed by atoms with Crippen LogP contribution in [-0.4, -0.2) is 25.5 Å². The number of nitro benzene ring substituents is 1. The number of halogens is 3. The average Bonchev–Trinajstić information content (AvgIpc) is 3.09. The molecule has 0 fully saturated rings. The third-order valence-electron chi connectivity index (χ3n) is 3.29. The number of nitrogens with zero attached hydrogens (tertiary/aromatic N) is 4. The Morgan fingerprint density at radius 3 is 2.40 bits per heavy atom. The average molecular weight is 350 g/mol.